The second-order valence-corrected chi connectivity index (χ2v) is 9.47. The molecule has 2 aromatic heterocycles. The summed E-state index contributed by atoms with van der Waals surface area (Å²) in [5.74, 6) is 0.611. The first kappa shape index (κ1) is 21.4. The molecule has 0 spiro atoms. The maximum atomic E-state index is 13.6. The Morgan fingerprint density at radius 2 is 1.82 bits per heavy atom. The highest BCUT2D eigenvalue weighted by molar-refractivity contribution is 6.07. The highest BCUT2D eigenvalue weighted by Crippen LogP contribution is 2.28. The van der Waals surface area contributed by atoms with Gasteiger partial charge in [-0.25, -0.2) is 4.68 Å². The zero-order valence-electron chi connectivity index (χ0n) is 19.5. The van der Waals surface area contributed by atoms with Gasteiger partial charge in [-0.2, -0.15) is 5.10 Å². The van der Waals surface area contributed by atoms with Gasteiger partial charge in [-0.15, -0.1) is 0 Å². The fourth-order valence-corrected chi connectivity index (χ4v) is 4.90. The number of hydrogen-bond acceptors (Lipinski definition) is 3. The summed E-state index contributed by atoms with van der Waals surface area (Å²) in [6, 6.07) is 14.5. The number of benzene rings is 2. The predicted octanol–water partition coefficient (Wildman–Crippen LogP) is 4.27. The Balaban J connectivity index is 1.59. The lowest BCUT2D eigenvalue weighted by Crippen LogP contribution is -2.41. The van der Waals surface area contributed by atoms with E-state index in [9.17, 15) is 9.59 Å². The van der Waals surface area contributed by atoms with Gasteiger partial charge in [0.1, 0.15) is 12.1 Å². The van der Waals surface area contributed by atoms with Crippen LogP contribution in [0.4, 0.5) is 0 Å². The normalized spacial score (nSPS) is 14.9. The van der Waals surface area contributed by atoms with Crippen molar-refractivity contribution in [3.05, 3.63) is 75.7 Å². The van der Waals surface area contributed by atoms with Crippen molar-refractivity contribution >= 4 is 27.7 Å². The monoisotopic (exact) mass is 442 g/mol. The van der Waals surface area contributed by atoms with Gasteiger partial charge in [-0.1, -0.05) is 48.9 Å². The van der Waals surface area contributed by atoms with Crippen LogP contribution >= 0.6 is 0 Å². The first-order valence-electron chi connectivity index (χ1n) is 11.7. The molecule has 0 bridgehead atoms. The van der Waals surface area contributed by atoms with Crippen molar-refractivity contribution < 1.29 is 4.79 Å². The van der Waals surface area contributed by atoms with Crippen molar-refractivity contribution in [2.75, 3.05) is 13.1 Å². The van der Waals surface area contributed by atoms with E-state index in [1.54, 1.807) is 6.20 Å². The van der Waals surface area contributed by atoms with E-state index in [0.29, 0.717) is 18.0 Å². The average molecular weight is 443 g/mol. The van der Waals surface area contributed by atoms with Gasteiger partial charge >= 0.3 is 0 Å². The Morgan fingerprint density at radius 3 is 2.61 bits per heavy atom. The van der Waals surface area contributed by atoms with Gasteiger partial charge in [0, 0.05) is 35.9 Å². The number of hydrogen-bond donors (Lipinski definition) is 0. The highest BCUT2D eigenvalue weighted by atomic mass is 16.2. The molecule has 5 rings (SSSR count). The Labute approximate surface area is 193 Å². The smallest absolute Gasteiger partial charge is 0.291 e. The van der Waals surface area contributed by atoms with Crippen LogP contribution in [-0.4, -0.2) is 38.2 Å². The summed E-state index contributed by atoms with van der Waals surface area (Å²) in [5.41, 5.74) is 4.95. The fourth-order valence-electron chi connectivity index (χ4n) is 4.90. The Kier molecular flexibility index (Phi) is 5.52. The number of rotatable bonds is 4. The molecule has 1 saturated heterocycles. The first-order valence-corrected chi connectivity index (χ1v) is 11.7. The van der Waals surface area contributed by atoms with E-state index < -0.39 is 0 Å². The summed E-state index contributed by atoms with van der Waals surface area (Å²) in [6.07, 6.45) is 3.76. The second-order valence-electron chi connectivity index (χ2n) is 9.47. The number of para-hydroxylation sites is 1. The Morgan fingerprint density at radius 1 is 1.06 bits per heavy atom. The molecule has 0 atom stereocenters. The van der Waals surface area contributed by atoms with E-state index in [2.05, 4.69) is 48.6 Å². The Hall–Kier alpha value is -3.41. The molecule has 1 fully saturated rings. The van der Waals surface area contributed by atoms with Crippen LogP contribution in [0.25, 0.3) is 21.8 Å². The van der Waals surface area contributed by atoms with Gasteiger partial charge in [-0.05, 0) is 49.8 Å². The molecular weight excluding hydrogens is 412 g/mol. The molecule has 6 nitrogen and oxygen atoms in total. The standard InChI is InChI=1S/C27H30N4O2/c1-18-10-12-29(13-11-18)25(32)17-31-27(33)26-23(15-28-31)22-6-4-5-7-24(22)30(26)16-21-14-19(2)8-9-20(21)3/h4-9,14-15,18H,10-13,16-17H2,1-3H3. The van der Waals surface area contributed by atoms with Gasteiger partial charge in [0.15, 0.2) is 0 Å². The lowest BCUT2D eigenvalue weighted by molar-refractivity contribution is -0.133. The number of nitrogens with zero attached hydrogens (tertiary/aromatic N) is 4. The number of aryl methyl sites for hydroxylation is 2. The minimum atomic E-state index is -0.215. The molecule has 0 N–H and O–H groups in total. The molecular formula is C27H30N4O2. The SMILES string of the molecule is Cc1ccc(C)c(Cn2c3ccccc3c3cnn(CC(=O)N4CCC(C)CC4)c(=O)c32)c1. The molecule has 170 valence electrons. The van der Waals surface area contributed by atoms with Gasteiger partial charge in [0.05, 0.1) is 6.20 Å². The molecule has 3 heterocycles. The van der Waals surface area contributed by atoms with Crippen molar-refractivity contribution in [1.82, 2.24) is 19.2 Å². The molecule has 1 aliphatic rings. The van der Waals surface area contributed by atoms with Crippen LogP contribution in [0.3, 0.4) is 0 Å². The molecule has 6 heteroatoms. The lowest BCUT2D eigenvalue weighted by atomic mass is 9.99. The minimum absolute atomic E-state index is 0.0197. The van der Waals surface area contributed by atoms with E-state index in [1.165, 1.54) is 21.4 Å². The fraction of sp³-hybridized carbons (Fsp3) is 0.370. The van der Waals surface area contributed by atoms with E-state index in [1.807, 2.05) is 29.2 Å². The first-order chi connectivity index (χ1) is 15.9. The van der Waals surface area contributed by atoms with Gasteiger partial charge < -0.3 is 9.47 Å². The molecule has 1 amide bonds. The number of carbonyl (C=O) groups is 1. The number of amides is 1. The second kappa shape index (κ2) is 8.50. The summed E-state index contributed by atoms with van der Waals surface area (Å²) in [5, 5.41) is 6.24. The Bertz CT molecular complexity index is 1410. The van der Waals surface area contributed by atoms with Gasteiger partial charge in [-0.3, -0.25) is 9.59 Å². The van der Waals surface area contributed by atoms with Crippen LogP contribution in [0.15, 0.2) is 53.5 Å². The van der Waals surface area contributed by atoms with Crippen molar-refractivity contribution in [1.29, 1.82) is 0 Å². The summed E-state index contributed by atoms with van der Waals surface area (Å²) < 4.78 is 3.42. The van der Waals surface area contributed by atoms with Crippen LogP contribution in [0.1, 0.15) is 36.5 Å². The van der Waals surface area contributed by atoms with Crippen LogP contribution in [0, 0.1) is 19.8 Å². The van der Waals surface area contributed by atoms with Crippen molar-refractivity contribution in [3.8, 4) is 0 Å². The van der Waals surface area contributed by atoms with Crippen molar-refractivity contribution in [2.24, 2.45) is 5.92 Å². The third kappa shape index (κ3) is 3.94. The summed E-state index contributed by atoms with van der Waals surface area (Å²) in [4.78, 5) is 28.4. The van der Waals surface area contributed by atoms with Crippen LogP contribution in [0.5, 0.6) is 0 Å². The molecule has 1 aliphatic heterocycles. The van der Waals surface area contributed by atoms with Crippen LogP contribution in [-0.2, 0) is 17.9 Å². The number of aromatic nitrogens is 3. The van der Waals surface area contributed by atoms with Gasteiger partial charge in [0.2, 0.25) is 5.91 Å². The van der Waals surface area contributed by atoms with E-state index in [-0.39, 0.29) is 18.0 Å². The molecule has 0 saturated carbocycles. The lowest BCUT2D eigenvalue weighted by Gasteiger charge is -2.30. The largest absolute Gasteiger partial charge is 0.341 e. The zero-order chi connectivity index (χ0) is 23.1. The topological polar surface area (TPSA) is 60.1 Å². The van der Waals surface area contributed by atoms with Crippen LogP contribution in [0.2, 0.25) is 0 Å². The zero-order valence-corrected chi connectivity index (χ0v) is 19.5. The molecule has 33 heavy (non-hydrogen) atoms. The molecule has 0 aliphatic carbocycles. The number of likely N-dealkylation sites (tertiary alicyclic amines) is 1. The van der Waals surface area contributed by atoms with Crippen molar-refractivity contribution in [3.63, 3.8) is 0 Å². The highest BCUT2D eigenvalue weighted by Gasteiger charge is 2.22. The maximum Gasteiger partial charge on any atom is 0.291 e. The molecule has 0 radical (unpaired) electrons. The number of piperidine rings is 1. The molecule has 2 aromatic carbocycles. The summed E-state index contributed by atoms with van der Waals surface area (Å²) in [7, 11) is 0. The predicted molar refractivity (Wildman–Crippen MR) is 131 cm³/mol. The van der Waals surface area contributed by atoms with E-state index in [4.69, 9.17) is 0 Å². The minimum Gasteiger partial charge on any atom is -0.341 e. The summed E-state index contributed by atoms with van der Waals surface area (Å²) in [6.45, 7) is 8.48. The average Bonchev–Trinajstić information content (AvgIpc) is 3.13. The van der Waals surface area contributed by atoms with Gasteiger partial charge in [0.25, 0.3) is 5.56 Å². The molecule has 0 unspecified atom stereocenters. The number of carbonyl (C=O) groups excluding carboxylic acids is 1. The van der Waals surface area contributed by atoms with Crippen molar-refractivity contribution in [2.45, 2.75) is 46.7 Å². The quantitative estimate of drug-likeness (QED) is 0.474. The maximum absolute atomic E-state index is 13.6. The van der Waals surface area contributed by atoms with E-state index in [0.717, 1.165) is 42.2 Å². The van der Waals surface area contributed by atoms with E-state index >= 15 is 0 Å². The third-order valence-electron chi connectivity index (χ3n) is 7.03. The van der Waals surface area contributed by atoms with Crippen LogP contribution < -0.4 is 5.56 Å². The molecule has 4 aromatic rings. The number of fused-ring (bicyclic) bond motifs is 3. The third-order valence-corrected chi connectivity index (χ3v) is 7.03. The summed E-state index contributed by atoms with van der Waals surface area (Å²) >= 11 is 0.